The van der Waals surface area contributed by atoms with Crippen LogP contribution in [0.3, 0.4) is 0 Å². The number of nitrogens with one attached hydrogen (secondary N) is 1. The van der Waals surface area contributed by atoms with E-state index in [9.17, 15) is 4.79 Å². The minimum atomic E-state index is 0.213. The summed E-state index contributed by atoms with van der Waals surface area (Å²) in [6.07, 6.45) is 1.80. The van der Waals surface area contributed by atoms with Gasteiger partial charge in [-0.05, 0) is 7.05 Å². The second-order valence-corrected chi connectivity index (χ2v) is 5.21. The molecule has 5 nitrogen and oxygen atoms in total. The first-order valence-corrected chi connectivity index (χ1v) is 6.69. The lowest BCUT2D eigenvalue weighted by atomic mass is 10.3. The van der Waals surface area contributed by atoms with Crippen molar-refractivity contribution >= 4 is 17.2 Å². The molecule has 0 aliphatic carbocycles. The van der Waals surface area contributed by atoms with E-state index in [-0.39, 0.29) is 5.91 Å². The Morgan fingerprint density at radius 2 is 2.35 bits per heavy atom. The molecule has 2 rings (SSSR count). The minimum absolute atomic E-state index is 0.213. The molecule has 0 saturated carbocycles. The first-order chi connectivity index (χ1) is 8.25. The molecule has 1 fully saturated rings. The van der Waals surface area contributed by atoms with Crippen LogP contribution in [-0.4, -0.2) is 60.5 Å². The summed E-state index contributed by atoms with van der Waals surface area (Å²) in [6.45, 7) is 4.67. The van der Waals surface area contributed by atoms with E-state index >= 15 is 0 Å². The zero-order valence-electron chi connectivity index (χ0n) is 10.1. The van der Waals surface area contributed by atoms with Gasteiger partial charge in [-0.25, -0.2) is 4.98 Å². The Morgan fingerprint density at radius 3 is 3.00 bits per heavy atom. The van der Waals surface area contributed by atoms with E-state index in [0.29, 0.717) is 6.54 Å². The highest BCUT2D eigenvalue weighted by molar-refractivity contribution is 7.09. The van der Waals surface area contributed by atoms with Gasteiger partial charge < -0.3 is 10.2 Å². The lowest BCUT2D eigenvalue weighted by Gasteiger charge is -2.29. The fourth-order valence-electron chi connectivity index (χ4n) is 1.86. The number of aromatic nitrogens is 1. The summed E-state index contributed by atoms with van der Waals surface area (Å²) in [6, 6.07) is 0. The Labute approximate surface area is 105 Å². The van der Waals surface area contributed by atoms with Gasteiger partial charge in [-0.15, -0.1) is 11.3 Å². The molecular formula is C11H18N4OS. The summed E-state index contributed by atoms with van der Waals surface area (Å²) in [7, 11) is 1.96. The Bertz CT molecular complexity index is 348. The number of carbonyl (C=O) groups is 1. The van der Waals surface area contributed by atoms with E-state index in [1.54, 1.807) is 17.5 Å². The maximum Gasteiger partial charge on any atom is 0.236 e. The van der Waals surface area contributed by atoms with Crippen LogP contribution in [0, 0.1) is 0 Å². The van der Waals surface area contributed by atoms with Crippen LogP contribution in [-0.2, 0) is 11.3 Å². The Balaban J connectivity index is 1.77. The summed E-state index contributed by atoms with van der Waals surface area (Å²) >= 11 is 1.63. The first-order valence-electron chi connectivity index (χ1n) is 5.81. The van der Waals surface area contributed by atoms with Crippen molar-refractivity contribution < 1.29 is 4.79 Å². The van der Waals surface area contributed by atoms with Gasteiger partial charge in [0.25, 0.3) is 0 Å². The van der Waals surface area contributed by atoms with Gasteiger partial charge in [0.1, 0.15) is 5.01 Å². The quantitative estimate of drug-likeness (QED) is 0.822. The fourth-order valence-corrected chi connectivity index (χ4v) is 2.56. The molecule has 1 amide bonds. The lowest BCUT2D eigenvalue weighted by molar-refractivity contribution is -0.132. The third kappa shape index (κ3) is 3.76. The Kier molecular flexibility index (Phi) is 4.47. The second-order valence-electron chi connectivity index (χ2n) is 4.23. The molecule has 1 N–H and O–H groups in total. The second kappa shape index (κ2) is 6.09. The fraction of sp³-hybridized carbons (Fsp3) is 0.636. The van der Waals surface area contributed by atoms with Crippen molar-refractivity contribution in [1.29, 1.82) is 0 Å². The number of hydrogen-bond acceptors (Lipinski definition) is 5. The van der Waals surface area contributed by atoms with Crippen molar-refractivity contribution in [2.45, 2.75) is 6.54 Å². The highest BCUT2D eigenvalue weighted by Gasteiger charge is 2.17. The largest absolute Gasteiger partial charge is 0.339 e. The average Bonchev–Trinajstić information content (AvgIpc) is 2.82. The van der Waals surface area contributed by atoms with Crippen LogP contribution in [0.2, 0.25) is 0 Å². The molecule has 6 heteroatoms. The van der Waals surface area contributed by atoms with Gasteiger partial charge in [-0.2, -0.15) is 0 Å². The van der Waals surface area contributed by atoms with Crippen molar-refractivity contribution in [2.75, 3.05) is 39.8 Å². The minimum Gasteiger partial charge on any atom is -0.339 e. The van der Waals surface area contributed by atoms with E-state index in [1.165, 1.54) is 0 Å². The number of hydrogen-bond donors (Lipinski definition) is 1. The molecule has 17 heavy (non-hydrogen) atoms. The van der Waals surface area contributed by atoms with Crippen LogP contribution in [0.25, 0.3) is 0 Å². The molecule has 1 aliphatic rings. The van der Waals surface area contributed by atoms with Crippen molar-refractivity contribution in [3.8, 4) is 0 Å². The van der Waals surface area contributed by atoms with Gasteiger partial charge in [-0.1, -0.05) is 0 Å². The number of nitrogens with zero attached hydrogens (tertiary/aromatic N) is 3. The van der Waals surface area contributed by atoms with E-state index < -0.39 is 0 Å². The molecule has 0 atom stereocenters. The smallest absolute Gasteiger partial charge is 0.236 e. The number of likely N-dealkylation sites (N-methyl/N-ethyl adjacent to an activating group) is 1. The highest BCUT2D eigenvalue weighted by atomic mass is 32.1. The molecule has 0 aromatic carbocycles. The van der Waals surface area contributed by atoms with Crippen LogP contribution in [0.15, 0.2) is 11.6 Å². The van der Waals surface area contributed by atoms with E-state index in [2.05, 4.69) is 10.3 Å². The molecule has 1 aliphatic heterocycles. The molecule has 94 valence electrons. The predicted octanol–water partition coefficient (Wildman–Crippen LogP) is 0.00670. The van der Waals surface area contributed by atoms with Gasteiger partial charge >= 0.3 is 0 Å². The molecule has 1 aromatic heterocycles. The normalized spacial score (nSPS) is 16.5. The van der Waals surface area contributed by atoms with Crippen LogP contribution in [0.5, 0.6) is 0 Å². The monoisotopic (exact) mass is 254 g/mol. The van der Waals surface area contributed by atoms with Gasteiger partial charge in [0.15, 0.2) is 0 Å². The van der Waals surface area contributed by atoms with Gasteiger partial charge in [-0.3, -0.25) is 9.69 Å². The van der Waals surface area contributed by atoms with Crippen molar-refractivity contribution in [2.24, 2.45) is 0 Å². The van der Waals surface area contributed by atoms with Gasteiger partial charge in [0, 0.05) is 37.8 Å². The Morgan fingerprint density at radius 1 is 1.59 bits per heavy atom. The third-order valence-corrected chi connectivity index (χ3v) is 3.53. The molecule has 1 saturated heterocycles. The molecule has 0 spiro atoms. The zero-order chi connectivity index (χ0) is 12.1. The summed E-state index contributed by atoms with van der Waals surface area (Å²) in [4.78, 5) is 20.1. The van der Waals surface area contributed by atoms with E-state index in [1.807, 2.05) is 22.2 Å². The lowest BCUT2D eigenvalue weighted by Crippen LogP contribution is -2.49. The molecular weight excluding hydrogens is 236 g/mol. The standard InChI is InChI=1S/C11H18N4OS/c1-14(8-10-13-4-7-17-10)9-11(16)15-5-2-12-3-6-15/h4,7,12H,2-3,5-6,8-9H2,1H3. The SMILES string of the molecule is CN(CC(=O)N1CCNCC1)Cc1nccs1. The van der Waals surface area contributed by atoms with Crippen LogP contribution in [0.4, 0.5) is 0 Å². The first kappa shape index (κ1) is 12.5. The molecule has 1 aromatic rings. The topological polar surface area (TPSA) is 48.5 Å². The van der Waals surface area contributed by atoms with Gasteiger partial charge in [0.05, 0.1) is 13.1 Å². The Hall–Kier alpha value is -0.980. The number of piperazine rings is 1. The van der Waals surface area contributed by atoms with Crippen LogP contribution < -0.4 is 5.32 Å². The molecule has 0 unspecified atom stereocenters. The zero-order valence-corrected chi connectivity index (χ0v) is 10.9. The summed E-state index contributed by atoms with van der Waals surface area (Å²) in [5.41, 5.74) is 0. The number of thiazole rings is 1. The van der Waals surface area contributed by atoms with Crippen molar-refractivity contribution in [1.82, 2.24) is 20.1 Å². The average molecular weight is 254 g/mol. The van der Waals surface area contributed by atoms with E-state index in [0.717, 1.165) is 37.7 Å². The summed E-state index contributed by atoms with van der Waals surface area (Å²) in [5.74, 6) is 0.213. The molecule has 0 radical (unpaired) electrons. The maximum absolute atomic E-state index is 12.0. The van der Waals surface area contributed by atoms with Crippen LogP contribution >= 0.6 is 11.3 Å². The summed E-state index contributed by atoms with van der Waals surface area (Å²) in [5, 5.41) is 6.26. The van der Waals surface area contributed by atoms with Crippen LogP contribution in [0.1, 0.15) is 5.01 Å². The molecule has 0 bridgehead atoms. The summed E-state index contributed by atoms with van der Waals surface area (Å²) < 4.78 is 0. The number of rotatable bonds is 4. The number of amides is 1. The maximum atomic E-state index is 12.0. The highest BCUT2D eigenvalue weighted by Crippen LogP contribution is 2.07. The van der Waals surface area contributed by atoms with Crippen molar-refractivity contribution in [3.05, 3.63) is 16.6 Å². The van der Waals surface area contributed by atoms with E-state index in [4.69, 9.17) is 0 Å². The van der Waals surface area contributed by atoms with Gasteiger partial charge in [0.2, 0.25) is 5.91 Å². The van der Waals surface area contributed by atoms with Crippen molar-refractivity contribution in [3.63, 3.8) is 0 Å². The molecule has 2 heterocycles. The third-order valence-electron chi connectivity index (χ3n) is 2.76. The number of carbonyl (C=O) groups excluding carboxylic acids is 1. The predicted molar refractivity (Wildman–Crippen MR) is 67.9 cm³/mol.